The number of carboxylic acids is 1. The number of carbonyl (C=O) groups is 2. The Labute approximate surface area is 219 Å². The molecule has 0 aliphatic rings. The van der Waals surface area contributed by atoms with Crippen LogP contribution in [0.5, 0.6) is 0 Å². The molecule has 0 atom stereocenters. The Morgan fingerprint density at radius 2 is 1.32 bits per heavy atom. The molecule has 0 aliphatic heterocycles. The van der Waals surface area contributed by atoms with Gasteiger partial charge in [0.05, 0.1) is 0 Å². The highest BCUT2D eigenvalue weighted by molar-refractivity contribution is 6.30. The number of amides is 1. The number of anilines is 1. The summed E-state index contributed by atoms with van der Waals surface area (Å²) in [7, 11) is 6.34. The van der Waals surface area contributed by atoms with Crippen LogP contribution in [0.1, 0.15) is 15.9 Å². The summed E-state index contributed by atoms with van der Waals surface area (Å²) in [5, 5.41) is 10.7. The average molecular weight is 536 g/mol. The van der Waals surface area contributed by atoms with Crippen LogP contribution in [-0.2, 0) is 11.3 Å². The molecule has 0 aliphatic carbocycles. The van der Waals surface area contributed by atoms with Gasteiger partial charge in [0.1, 0.15) is 0 Å². The van der Waals surface area contributed by atoms with Gasteiger partial charge in [0.2, 0.25) is 0 Å². The highest BCUT2D eigenvalue weighted by Crippen LogP contribution is 2.23. The Balaban J connectivity index is 0.000000604. The zero-order valence-corrected chi connectivity index (χ0v) is 21.5. The third-order valence-corrected chi connectivity index (χ3v) is 5.41. The van der Waals surface area contributed by atoms with E-state index in [9.17, 15) is 18.0 Å². The third kappa shape index (κ3) is 10.6. The van der Waals surface area contributed by atoms with Gasteiger partial charge in [-0.1, -0.05) is 48.0 Å². The van der Waals surface area contributed by atoms with Gasteiger partial charge in [-0.05, 0) is 74.2 Å². The summed E-state index contributed by atoms with van der Waals surface area (Å²) in [4.78, 5) is 25.7. The van der Waals surface area contributed by atoms with Crippen LogP contribution < -0.4 is 5.32 Å². The Hall–Kier alpha value is -3.40. The van der Waals surface area contributed by atoms with E-state index in [4.69, 9.17) is 21.5 Å². The summed E-state index contributed by atoms with van der Waals surface area (Å²) in [6, 6.07) is 23.4. The van der Waals surface area contributed by atoms with Crippen molar-refractivity contribution in [2.24, 2.45) is 0 Å². The third-order valence-electron chi connectivity index (χ3n) is 5.16. The van der Waals surface area contributed by atoms with Crippen LogP contribution in [0.3, 0.4) is 0 Å². The summed E-state index contributed by atoms with van der Waals surface area (Å²) in [6.45, 7) is 3.03. The molecule has 10 heteroatoms. The van der Waals surface area contributed by atoms with Gasteiger partial charge < -0.3 is 20.2 Å². The molecular weight excluding hydrogens is 507 g/mol. The summed E-state index contributed by atoms with van der Waals surface area (Å²) in [5.41, 5.74) is 4.91. The molecule has 37 heavy (non-hydrogen) atoms. The van der Waals surface area contributed by atoms with E-state index in [0.717, 1.165) is 36.4 Å². The minimum absolute atomic E-state index is 0.151. The van der Waals surface area contributed by atoms with Gasteiger partial charge in [-0.25, -0.2) is 4.79 Å². The Morgan fingerprint density at radius 3 is 1.78 bits per heavy atom. The van der Waals surface area contributed by atoms with Crippen molar-refractivity contribution >= 4 is 29.2 Å². The van der Waals surface area contributed by atoms with E-state index >= 15 is 0 Å². The van der Waals surface area contributed by atoms with Crippen molar-refractivity contribution in [3.05, 3.63) is 88.9 Å². The Bertz CT molecular complexity index is 1150. The molecule has 0 fully saturated rings. The van der Waals surface area contributed by atoms with Crippen LogP contribution in [0.4, 0.5) is 18.9 Å². The van der Waals surface area contributed by atoms with Crippen LogP contribution in [-0.4, -0.2) is 67.2 Å². The molecule has 3 rings (SSSR count). The first-order valence-electron chi connectivity index (χ1n) is 11.2. The van der Waals surface area contributed by atoms with E-state index in [2.05, 4.69) is 60.5 Å². The molecule has 0 spiro atoms. The normalized spacial score (nSPS) is 11.2. The Morgan fingerprint density at radius 1 is 0.838 bits per heavy atom. The molecule has 0 heterocycles. The largest absolute Gasteiger partial charge is 0.490 e. The van der Waals surface area contributed by atoms with Crippen LogP contribution >= 0.6 is 11.6 Å². The van der Waals surface area contributed by atoms with Gasteiger partial charge in [-0.2, -0.15) is 13.2 Å². The van der Waals surface area contributed by atoms with Crippen LogP contribution in [0.15, 0.2) is 72.8 Å². The van der Waals surface area contributed by atoms with E-state index in [1.54, 1.807) is 24.3 Å². The maximum Gasteiger partial charge on any atom is 0.490 e. The SMILES string of the molecule is CN(C)CCN(C)Cc1ccc(-c2ccc(NC(=O)c3ccc(Cl)cc3)cc2)cc1.O=C(O)C(F)(F)F. The van der Waals surface area contributed by atoms with Gasteiger partial charge in [-0.3, -0.25) is 4.79 Å². The molecule has 3 aromatic carbocycles. The van der Waals surface area contributed by atoms with E-state index in [-0.39, 0.29) is 5.91 Å². The fourth-order valence-corrected chi connectivity index (χ4v) is 3.24. The summed E-state index contributed by atoms with van der Waals surface area (Å²) >= 11 is 5.88. The number of hydrogen-bond acceptors (Lipinski definition) is 4. The van der Waals surface area contributed by atoms with E-state index in [1.165, 1.54) is 5.56 Å². The number of carboxylic acid groups (broad SMARTS) is 1. The zero-order chi connectivity index (χ0) is 27.6. The van der Waals surface area contributed by atoms with Gasteiger partial charge in [0.25, 0.3) is 5.91 Å². The second-order valence-corrected chi connectivity index (χ2v) is 9.02. The second kappa shape index (κ2) is 13.8. The van der Waals surface area contributed by atoms with Gasteiger partial charge in [-0.15, -0.1) is 0 Å². The lowest BCUT2D eigenvalue weighted by atomic mass is 10.0. The standard InChI is InChI=1S/C25H28ClN3O.C2HF3O2/c1-28(2)16-17-29(3)18-19-4-6-20(7-5-19)21-10-14-24(15-11-21)27-25(30)22-8-12-23(26)13-9-22;3-2(4,5)1(6)7/h4-15H,16-18H2,1-3H3,(H,27,30);(H,6,7). The first kappa shape index (κ1) is 29.8. The fourth-order valence-electron chi connectivity index (χ4n) is 3.11. The lowest BCUT2D eigenvalue weighted by molar-refractivity contribution is -0.192. The van der Waals surface area contributed by atoms with Crippen molar-refractivity contribution in [1.29, 1.82) is 0 Å². The number of hydrogen-bond donors (Lipinski definition) is 2. The maximum absolute atomic E-state index is 12.3. The van der Waals surface area contributed by atoms with Gasteiger partial charge in [0.15, 0.2) is 0 Å². The van der Waals surface area contributed by atoms with E-state index in [1.807, 2.05) is 24.3 Å². The molecule has 2 N–H and O–H groups in total. The highest BCUT2D eigenvalue weighted by atomic mass is 35.5. The van der Waals surface area contributed by atoms with Gasteiger partial charge in [0, 0.05) is 35.9 Å². The predicted octanol–water partition coefficient (Wildman–Crippen LogP) is 5.89. The molecule has 0 radical (unpaired) electrons. The number of carbonyl (C=O) groups excluding carboxylic acids is 1. The Kier molecular flexibility index (Phi) is 11.1. The number of alkyl halides is 3. The van der Waals surface area contributed by atoms with Crippen molar-refractivity contribution in [2.75, 3.05) is 39.5 Å². The van der Waals surface area contributed by atoms with Crippen molar-refractivity contribution in [3.8, 4) is 11.1 Å². The number of nitrogens with one attached hydrogen (secondary N) is 1. The van der Waals surface area contributed by atoms with Crippen molar-refractivity contribution < 1.29 is 27.9 Å². The number of halogens is 4. The van der Waals surface area contributed by atoms with Crippen molar-refractivity contribution in [3.63, 3.8) is 0 Å². The molecule has 6 nitrogen and oxygen atoms in total. The molecule has 1 amide bonds. The zero-order valence-electron chi connectivity index (χ0n) is 20.7. The molecule has 0 unspecified atom stereocenters. The summed E-state index contributed by atoms with van der Waals surface area (Å²) in [5.74, 6) is -2.91. The summed E-state index contributed by atoms with van der Waals surface area (Å²) in [6.07, 6.45) is -5.08. The number of benzene rings is 3. The first-order valence-corrected chi connectivity index (χ1v) is 11.6. The van der Waals surface area contributed by atoms with Crippen LogP contribution in [0, 0.1) is 0 Å². The smallest absolute Gasteiger partial charge is 0.475 e. The lowest BCUT2D eigenvalue weighted by Gasteiger charge is -2.19. The number of aliphatic carboxylic acids is 1. The molecule has 0 saturated heterocycles. The summed E-state index contributed by atoms with van der Waals surface area (Å²) < 4.78 is 31.7. The number of rotatable bonds is 8. The number of likely N-dealkylation sites (N-methyl/N-ethyl adjacent to an activating group) is 2. The molecule has 198 valence electrons. The van der Waals surface area contributed by atoms with Gasteiger partial charge >= 0.3 is 12.1 Å². The highest BCUT2D eigenvalue weighted by Gasteiger charge is 2.38. The topological polar surface area (TPSA) is 72.9 Å². The predicted molar refractivity (Wildman–Crippen MR) is 140 cm³/mol. The van der Waals surface area contributed by atoms with Crippen LogP contribution in [0.25, 0.3) is 11.1 Å². The van der Waals surface area contributed by atoms with E-state index < -0.39 is 12.1 Å². The molecule has 0 bridgehead atoms. The first-order chi connectivity index (χ1) is 17.3. The molecule has 3 aromatic rings. The molecular formula is C27H29ClF3N3O3. The molecule has 0 aromatic heterocycles. The second-order valence-electron chi connectivity index (χ2n) is 8.58. The lowest BCUT2D eigenvalue weighted by Crippen LogP contribution is -2.28. The quantitative estimate of drug-likeness (QED) is 0.376. The van der Waals surface area contributed by atoms with Crippen LogP contribution in [0.2, 0.25) is 5.02 Å². The van der Waals surface area contributed by atoms with E-state index in [0.29, 0.717) is 10.6 Å². The maximum atomic E-state index is 12.3. The molecule has 0 saturated carbocycles. The monoisotopic (exact) mass is 535 g/mol. The minimum Gasteiger partial charge on any atom is -0.475 e. The number of nitrogens with zero attached hydrogens (tertiary/aromatic N) is 2. The average Bonchev–Trinajstić information content (AvgIpc) is 2.84. The van der Waals surface area contributed by atoms with Crippen molar-refractivity contribution in [1.82, 2.24) is 9.80 Å². The van der Waals surface area contributed by atoms with Crippen molar-refractivity contribution in [2.45, 2.75) is 12.7 Å². The minimum atomic E-state index is -5.08. The fraction of sp³-hybridized carbons (Fsp3) is 0.259.